The topological polar surface area (TPSA) is 172 Å². The Morgan fingerprint density at radius 1 is 1.11 bits per heavy atom. The van der Waals surface area contributed by atoms with Crippen LogP contribution in [-0.4, -0.2) is 127 Å². The highest BCUT2D eigenvalue weighted by atomic mass is 35.5. The van der Waals surface area contributed by atoms with E-state index in [1.807, 2.05) is 17.0 Å². The normalized spacial score (nSPS) is 23.7. The first-order valence-corrected chi connectivity index (χ1v) is 20.9. The van der Waals surface area contributed by atoms with Crippen molar-refractivity contribution in [2.24, 2.45) is 7.05 Å². The summed E-state index contributed by atoms with van der Waals surface area (Å²) in [6.07, 6.45) is 0.166. The Morgan fingerprint density at radius 3 is 2.45 bits per heavy atom. The summed E-state index contributed by atoms with van der Waals surface area (Å²) in [7, 11) is 1.75. The Labute approximate surface area is 369 Å². The number of ether oxygens (including phenoxy) is 1. The molecule has 0 bridgehead atoms. The fourth-order valence-corrected chi connectivity index (χ4v) is 9.81. The summed E-state index contributed by atoms with van der Waals surface area (Å²) in [5.74, 6) is -0.518. The summed E-state index contributed by atoms with van der Waals surface area (Å²) in [5, 5.41) is 19.9. The zero-order chi connectivity index (χ0) is 44.0. The van der Waals surface area contributed by atoms with Crippen molar-refractivity contribution in [3.05, 3.63) is 41.7 Å². The molecule has 21 heteroatoms. The van der Waals surface area contributed by atoms with E-state index < -0.39 is 34.9 Å². The van der Waals surface area contributed by atoms with Gasteiger partial charge in [0.1, 0.15) is 11.6 Å². The Kier molecular flexibility index (Phi) is 13.8. The lowest BCUT2D eigenvalue weighted by atomic mass is 9.89. The lowest BCUT2D eigenvalue weighted by Crippen LogP contribution is -2.58. The number of alkyl halides is 3. The molecule has 0 spiro atoms. The SMILES string of the molecule is C[C@@H]1CN(CCCOC2CCC(N3C(=S)N(c4cnc(C#N)c(C(F)(F)F)c4)C(=O)C3(C)C)CC2)C[C@H](C)N1CC(=O)Nc1cccc2c(N3CCC(=O)NC3=O)nn(C)c12.Cl. The van der Waals surface area contributed by atoms with Crippen molar-refractivity contribution in [2.75, 3.05) is 54.4 Å². The minimum absolute atomic E-state index is 0. The third kappa shape index (κ3) is 9.23. The maximum Gasteiger partial charge on any atom is 0.419 e. The molecular formula is C41H51ClF3N11O5S. The fraction of sp³-hybridized carbons (Fsp3) is 0.561. The van der Waals surface area contributed by atoms with Crippen molar-refractivity contribution >= 4 is 81.6 Å². The van der Waals surface area contributed by atoms with Crippen LogP contribution in [0, 0.1) is 11.3 Å². The number of carbonyl (C=O) groups excluding carboxylic acids is 4. The molecule has 5 heterocycles. The number of hydrogen-bond acceptors (Lipinski definition) is 11. The number of amides is 5. The smallest absolute Gasteiger partial charge is 0.378 e. The van der Waals surface area contributed by atoms with Crippen LogP contribution < -0.4 is 20.4 Å². The highest BCUT2D eigenvalue weighted by Gasteiger charge is 2.53. The first-order valence-electron chi connectivity index (χ1n) is 20.5. The van der Waals surface area contributed by atoms with E-state index in [1.165, 1.54) is 11.0 Å². The number of benzene rings is 1. The highest BCUT2D eigenvalue weighted by molar-refractivity contribution is 7.80. The molecule has 4 aliphatic rings. The molecule has 1 aliphatic carbocycles. The van der Waals surface area contributed by atoms with Crippen molar-refractivity contribution in [3.63, 3.8) is 0 Å². The Bertz CT molecular complexity index is 2270. The minimum Gasteiger partial charge on any atom is -0.378 e. The summed E-state index contributed by atoms with van der Waals surface area (Å²) in [5.41, 5.74) is -1.95. The average molecular weight is 902 g/mol. The molecule has 16 nitrogen and oxygen atoms in total. The molecule has 0 radical (unpaired) electrons. The van der Waals surface area contributed by atoms with Gasteiger partial charge in [0.15, 0.2) is 16.6 Å². The second kappa shape index (κ2) is 18.4. The molecule has 2 aromatic heterocycles. The second-order valence-electron chi connectivity index (χ2n) is 16.8. The number of aromatic nitrogens is 3. The lowest BCUT2D eigenvalue weighted by molar-refractivity contribution is -0.138. The number of nitrogens with zero attached hydrogens (tertiary/aromatic N) is 9. The molecule has 1 aromatic carbocycles. The van der Waals surface area contributed by atoms with Crippen LogP contribution in [0.3, 0.4) is 0 Å². The van der Waals surface area contributed by atoms with E-state index in [9.17, 15) is 32.3 Å². The van der Waals surface area contributed by atoms with Crippen molar-refractivity contribution in [3.8, 4) is 6.07 Å². The molecule has 7 rings (SSSR count). The average Bonchev–Trinajstić information content (AvgIpc) is 3.62. The van der Waals surface area contributed by atoms with E-state index in [0.29, 0.717) is 41.9 Å². The third-order valence-electron chi connectivity index (χ3n) is 12.2. The van der Waals surface area contributed by atoms with Crippen LogP contribution in [0.2, 0.25) is 0 Å². The standard InChI is InChI=1S/C41H50F3N11O5S.ClH/c1-24-21-51(22-25(2)53(24)23-34(57)47-31-9-6-8-29-35(31)50(5)49-36(29)52-16-14-33(56)48-38(52)59)15-7-17-60-28-12-10-26(11-13-28)55-39(61)54(37(58)40(55,3)4)27-18-30(41(42,43)44)32(19-45)46-20-27;/h6,8-9,18,20,24-26,28H,7,10-17,21-23H2,1-5H3,(H,47,57)(H,48,56,59);1H/t24-,25+,26?,28?;. The molecule has 2 atom stereocenters. The molecule has 2 N–H and O–H groups in total. The van der Waals surface area contributed by atoms with Crippen molar-refractivity contribution < 1.29 is 37.1 Å². The number of aryl methyl sites for hydroxylation is 1. The van der Waals surface area contributed by atoms with Crippen molar-refractivity contribution in [1.82, 2.24) is 34.8 Å². The van der Waals surface area contributed by atoms with Crippen LogP contribution >= 0.6 is 24.6 Å². The van der Waals surface area contributed by atoms with E-state index in [2.05, 4.69) is 44.4 Å². The maximum atomic E-state index is 13.7. The largest absolute Gasteiger partial charge is 0.419 e. The highest BCUT2D eigenvalue weighted by Crippen LogP contribution is 2.40. The van der Waals surface area contributed by atoms with Crippen LogP contribution in [-0.2, 0) is 32.3 Å². The Morgan fingerprint density at radius 2 is 1.81 bits per heavy atom. The Hall–Kier alpha value is -4.94. The van der Waals surface area contributed by atoms with E-state index in [4.69, 9.17) is 22.2 Å². The molecule has 1 saturated carbocycles. The summed E-state index contributed by atoms with van der Waals surface area (Å²) in [6, 6.07) is 7.28. The summed E-state index contributed by atoms with van der Waals surface area (Å²) in [4.78, 5) is 64.0. The number of imide groups is 1. The molecule has 0 unspecified atom stereocenters. The molecule has 3 aromatic rings. The van der Waals surface area contributed by atoms with Gasteiger partial charge in [-0.3, -0.25) is 39.1 Å². The van der Waals surface area contributed by atoms with Gasteiger partial charge in [-0.25, -0.2) is 9.78 Å². The predicted octanol–water partition coefficient (Wildman–Crippen LogP) is 5.19. The van der Waals surface area contributed by atoms with Gasteiger partial charge in [0.25, 0.3) is 5.91 Å². The van der Waals surface area contributed by atoms with Gasteiger partial charge in [0.2, 0.25) is 11.8 Å². The number of fused-ring (bicyclic) bond motifs is 1. The van der Waals surface area contributed by atoms with Crippen LogP contribution in [0.5, 0.6) is 0 Å². The number of nitrogens with one attached hydrogen (secondary N) is 2. The van der Waals surface area contributed by atoms with Gasteiger partial charge in [0, 0.05) is 69.8 Å². The van der Waals surface area contributed by atoms with Crippen LogP contribution in [0.1, 0.15) is 77.5 Å². The first-order chi connectivity index (χ1) is 28.9. The number of carbonyl (C=O) groups is 4. The molecular weight excluding hydrogens is 851 g/mol. The van der Waals surface area contributed by atoms with Crippen LogP contribution in [0.15, 0.2) is 30.5 Å². The zero-order valence-corrected chi connectivity index (χ0v) is 36.8. The number of hydrogen-bond donors (Lipinski definition) is 2. The zero-order valence-electron chi connectivity index (χ0n) is 35.2. The molecule has 5 amide bonds. The fourth-order valence-electron chi connectivity index (χ4n) is 9.24. The van der Waals surface area contributed by atoms with Crippen molar-refractivity contribution in [1.29, 1.82) is 5.26 Å². The molecule has 3 aliphatic heterocycles. The van der Waals surface area contributed by atoms with Gasteiger partial charge in [-0.15, -0.1) is 12.4 Å². The number of rotatable bonds is 11. The number of urea groups is 1. The van der Waals surface area contributed by atoms with Gasteiger partial charge in [-0.2, -0.15) is 23.5 Å². The first kappa shape index (κ1) is 46.6. The minimum atomic E-state index is -4.83. The van der Waals surface area contributed by atoms with E-state index in [1.54, 1.807) is 31.6 Å². The van der Waals surface area contributed by atoms with Crippen LogP contribution in [0.25, 0.3) is 10.9 Å². The number of anilines is 3. The number of piperazine rings is 1. The number of nitriles is 1. The quantitative estimate of drug-likeness (QED) is 0.191. The second-order valence-corrected chi connectivity index (χ2v) is 17.2. The van der Waals surface area contributed by atoms with Gasteiger partial charge in [0.05, 0.1) is 41.3 Å². The number of halogens is 4. The van der Waals surface area contributed by atoms with Gasteiger partial charge < -0.3 is 19.9 Å². The number of para-hydroxylation sites is 1. The van der Waals surface area contributed by atoms with Crippen molar-refractivity contribution in [2.45, 2.75) is 102 Å². The number of pyridine rings is 1. The van der Waals surface area contributed by atoms with E-state index in [-0.39, 0.29) is 78.8 Å². The summed E-state index contributed by atoms with van der Waals surface area (Å²) >= 11 is 5.72. The monoisotopic (exact) mass is 901 g/mol. The molecule has 4 fully saturated rings. The Balaban J connectivity index is 0.00000641. The van der Waals surface area contributed by atoms with Gasteiger partial charge in [-0.05, 0) is 90.2 Å². The maximum absolute atomic E-state index is 13.7. The predicted molar refractivity (Wildman–Crippen MR) is 231 cm³/mol. The van der Waals surface area contributed by atoms with Crippen LogP contribution in [0.4, 0.5) is 35.2 Å². The van der Waals surface area contributed by atoms with E-state index in [0.717, 1.165) is 56.1 Å². The third-order valence-corrected chi connectivity index (χ3v) is 12.6. The molecule has 3 saturated heterocycles. The number of thiocarbonyl (C=S) groups is 1. The lowest BCUT2D eigenvalue weighted by Gasteiger charge is -2.44. The van der Waals surface area contributed by atoms with Gasteiger partial charge in [-0.1, -0.05) is 6.07 Å². The summed E-state index contributed by atoms with van der Waals surface area (Å²) < 4.78 is 49.1. The summed E-state index contributed by atoms with van der Waals surface area (Å²) in [6.45, 7) is 11.1. The molecule has 62 heavy (non-hydrogen) atoms. The van der Waals surface area contributed by atoms with Gasteiger partial charge >= 0.3 is 12.2 Å². The molecule has 334 valence electrons. The van der Waals surface area contributed by atoms with E-state index >= 15 is 0 Å².